The largest absolute Gasteiger partial charge is 0.384 e. The van der Waals surface area contributed by atoms with E-state index in [1.54, 1.807) is 7.11 Å². The van der Waals surface area contributed by atoms with Gasteiger partial charge in [-0.3, -0.25) is 4.79 Å². The number of rotatable bonds is 4. The van der Waals surface area contributed by atoms with Crippen LogP contribution in [0.25, 0.3) is 0 Å². The zero-order valence-corrected chi connectivity index (χ0v) is 9.07. The van der Waals surface area contributed by atoms with E-state index in [0.29, 0.717) is 13.0 Å². The molecule has 1 rings (SSSR count). The van der Waals surface area contributed by atoms with E-state index in [2.05, 4.69) is 15.9 Å². The molecule has 0 aromatic carbocycles. The van der Waals surface area contributed by atoms with Gasteiger partial charge in [-0.25, -0.2) is 0 Å². The molecule has 0 N–H and O–H groups in total. The lowest BCUT2D eigenvalue weighted by atomic mass is 10.2. The fraction of sp³-hybridized carbons (Fsp3) is 0.375. The lowest BCUT2D eigenvalue weighted by molar-refractivity contribution is 0.0932. The zero-order chi connectivity index (χ0) is 8.97. The average Bonchev–Trinajstić information content (AvgIpc) is 2.47. The minimum absolute atomic E-state index is 0.130. The van der Waals surface area contributed by atoms with Crippen molar-refractivity contribution in [2.45, 2.75) is 6.42 Å². The molecule has 4 heteroatoms. The van der Waals surface area contributed by atoms with E-state index < -0.39 is 0 Å². The van der Waals surface area contributed by atoms with Crippen molar-refractivity contribution in [1.29, 1.82) is 0 Å². The molecule has 1 aromatic heterocycles. The molecular formula is C8H9BrO2S. The summed E-state index contributed by atoms with van der Waals surface area (Å²) in [6.45, 7) is 0.487. The number of hydrogen-bond acceptors (Lipinski definition) is 3. The minimum atomic E-state index is 0.130. The van der Waals surface area contributed by atoms with Crippen LogP contribution in [0.1, 0.15) is 16.8 Å². The van der Waals surface area contributed by atoms with Crippen LogP contribution < -0.4 is 0 Å². The predicted octanol–water partition coefficient (Wildman–Crippen LogP) is 2.73. The first kappa shape index (κ1) is 9.89. The number of carbonyl (C=O) groups excluding carboxylic acids is 1. The molecule has 66 valence electrons. The third-order valence-corrected chi connectivity index (χ3v) is 3.15. The molecule has 0 saturated carbocycles. The Labute approximate surface area is 83.7 Å². The third kappa shape index (κ3) is 2.40. The Bertz CT molecular complexity index is 270. The zero-order valence-electron chi connectivity index (χ0n) is 6.67. The summed E-state index contributed by atoms with van der Waals surface area (Å²) in [6.07, 6.45) is 0.450. The Kier molecular flexibility index (Phi) is 3.91. The molecule has 0 spiro atoms. The monoisotopic (exact) mass is 248 g/mol. The molecule has 0 unspecified atom stereocenters. The van der Waals surface area contributed by atoms with Gasteiger partial charge in [-0.15, -0.1) is 0 Å². The molecule has 0 atom stereocenters. The van der Waals surface area contributed by atoms with Crippen molar-refractivity contribution in [1.82, 2.24) is 0 Å². The third-order valence-electron chi connectivity index (χ3n) is 1.45. The molecule has 1 aromatic rings. The summed E-state index contributed by atoms with van der Waals surface area (Å²) in [6, 6.07) is 0. The maximum absolute atomic E-state index is 11.4. The standard InChI is InChI=1S/C8H9BrO2S/c1-11-3-2-8(10)6-4-12-5-7(6)9/h4-5H,2-3H2,1H3. The van der Waals surface area contributed by atoms with Crippen LogP contribution in [0, 0.1) is 0 Å². The highest BCUT2D eigenvalue weighted by Crippen LogP contribution is 2.22. The van der Waals surface area contributed by atoms with Crippen LogP contribution in [0.4, 0.5) is 0 Å². The molecule has 1 heterocycles. The second kappa shape index (κ2) is 4.74. The topological polar surface area (TPSA) is 26.3 Å². The highest BCUT2D eigenvalue weighted by molar-refractivity contribution is 9.10. The molecule has 0 aliphatic rings. The summed E-state index contributed by atoms with van der Waals surface area (Å²) < 4.78 is 5.70. The van der Waals surface area contributed by atoms with Crippen LogP contribution in [0.15, 0.2) is 15.2 Å². The highest BCUT2D eigenvalue weighted by atomic mass is 79.9. The van der Waals surface area contributed by atoms with Gasteiger partial charge in [-0.05, 0) is 15.9 Å². The van der Waals surface area contributed by atoms with E-state index in [1.807, 2.05) is 10.8 Å². The van der Waals surface area contributed by atoms with Crippen molar-refractivity contribution in [2.75, 3.05) is 13.7 Å². The number of hydrogen-bond donors (Lipinski definition) is 0. The second-order valence-corrected chi connectivity index (χ2v) is 3.90. The minimum Gasteiger partial charge on any atom is -0.384 e. The Balaban J connectivity index is 2.59. The van der Waals surface area contributed by atoms with Crippen molar-refractivity contribution in [3.8, 4) is 0 Å². The maximum atomic E-state index is 11.4. The first-order valence-electron chi connectivity index (χ1n) is 3.49. The Morgan fingerprint density at radius 2 is 2.42 bits per heavy atom. The van der Waals surface area contributed by atoms with Crippen LogP contribution in [-0.2, 0) is 4.74 Å². The number of thiophene rings is 1. The normalized spacial score (nSPS) is 10.2. The number of Topliss-reactive ketones (excluding diaryl/α,β-unsaturated/α-hetero) is 1. The van der Waals surface area contributed by atoms with Crippen LogP contribution >= 0.6 is 27.3 Å². The number of ether oxygens (including phenoxy) is 1. The molecule has 12 heavy (non-hydrogen) atoms. The van der Waals surface area contributed by atoms with Crippen molar-refractivity contribution < 1.29 is 9.53 Å². The van der Waals surface area contributed by atoms with Gasteiger partial charge in [0.15, 0.2) is 5.78 Å². The SMILES string of the molecule is COCCC(=O)c1cscc1Br. The van der Waals surface area contributed by atoms with Crippen molar-refractivity contribution >= 4 is 33.0 Å². The molecule has 2 nitrogen and oxygen atoms in total. The van der Waals surface area contributed by atoms with Gasteiger partial charge in [0, 0.05) is 34.3 Å². The first-order valence-corrected chi connectivity index (χ1v) is 5.23. The molecule has 0 bridgehead atoms. The van der Waals surface area contributed by atoms with Crippen molar-refractivity contribution in [3.63, 3.8) is 0 Å². The molecule has 0 fully saturated rings. The molecule has 0 amide bonds. The van der Waals surface area contributed by atoms with E-state index in [4.69, 9.17) is 4.74 Å². The second-order valence-electron chi connectivity index (χ2n) is 2.30. The molecule has 0 radical (unpaired) electrons. The van der Waals surface area contributed by atoms with E-state index >= 15 is 0 Å². The predicted molar refractivity (Wildman–Crippen MR) is 52.8 cm³/mol. The number of methoxy groups -OCH3 is 1. The van der Waals surface area contributed by atoms with Gasteiger partial charge in [-0.2, -0.15) is 11.3 Å². The molecular weight excluding hydrogens is 240 g/mol. The quantitative estimate of drug-likeness (QED) is 0.767. The van der Waals surface area contributed by atoms with Gasteiger partial charge in [0.25, 0.3) is 0 Å². The Morgan fingerprint density at radius 3 is 2.92 bits per heavy atom. The van der Waals surface area contributed by atoms with Crippen LogP contribution in [0.3, 0.4) is 0 Å². The average molecular weight is 249 g/mol. The van der Waals surface area contributed by atoms with Gasteiger partial charge >= 0.3 is 0 Å². The van der Waals surface area contributed by atoms with Gasteiger partial charge < -0.3 is 4.74 Å². The highest BCUT2D eigenvalue weighted by Gasteiger charge is 2.09. The van der Waals surface area contributed by atoms with Crippen molar-refractivity contribution in [2.24, 2.45) is 0 Å². The summed E-state index contributed by atoms with van der Waals surface area (Å²) in [5.41, 5.74) is 0.761. The lowest BCUT2D eigenvalue weighted by Gasteiger charge is -1.97. The number of carbonyl (C=O) groups is 1. The smallest absolute Gasteiger partial charge is 0.167 e. The van der Waals surface area contributed by atoms with E-state index in [-0.39, 0.29) is 5.78 Å². The lowest BCUT2D eigenvalue weighted by Crippen LogP contribution is -2.02. The summed E-state index contributed by atoms with van der Waals surface area (Å²) in [5, 5.41) is 3.75. The fourth-order valence-corrected chi connectivity index (χ4v) is 2.33. The van der Waals surface area contributed by atoms with Gasteiger partial charge in [0.2, 0.25) is 0 Å². The summed E-state index contributed by atoms with van der Waals surface area (Å²) in [5.74, 6) is 0.130. The Morgan fingerprint density at radius 1 is 1.67 bits per heavy atom. The molecule has 0 aliphatic carbocycles. The van der Waals surface area contributed by atoms with E-state index in [1.165, 1.54) is 11.3 Å². The van der Waals surface area contributed by atoms with Gasteiger partial charge in [0.1, 0.15) is 0 Å². The molecule has 0 saturated heterocycles. The van der Waals surface area contributed by atoms with E-state index in [0.717, 1.165) is 10.0 Å². The maximum Gasteiger partial charge on any atom is 0.167 e. The van der Waals surface area contributed by atoms with Gasteiger partial charge in [0.05, 0.1) is 6.61 Å². The Hall–Kier alpha value is -0.190. The first-order chi connectivity index (χ1) is 5.75. The van der Waals surface area contributed by atoms with E-state index in [9.17, 15) is 4.79 Å². The van der Waals surface area contributed by atoms with Crippen LogP contribution in [0.2, 0.25) is 0 Å². The molecule has 0 aliphatic heterocycles. The fourth-order valence-electron chi connectivity index (χ4n) is 0.810. The van der Waals surface area contributed by atoms with Crippen LogP contribution in [-0.4, -0.2) is 19.5 Å². The van der Waals surface area contributed by atoms with Crippen molar-refractivity contribution in [3.05, 3.63) is 20.8 Å². The number of ketones is 1. The van der Waals surface area contributed by atoms with Crippen LogP contribution in [0.5, 0.6) is 0 Å². The summed E-state index contributed by atoms with van der Waals surface area (Å²) >= 11 is 4.83. The number of halogens is 1. The summed E-state index contributed by atoms with van der Waals surface area (Å²) in [4.78, 5) is 11.4. The van der Waals surface area contributed by atoms with Gasteiger partial charge in [-0.1, -0.05) is 0 Å². The summed E-state index contributed by atoms with van der Waals surface area (Å²) in [7, 11) is 1.59.